The van der Waals surface area contributed by atoms with Crippen LogP contribution in [0.25, 0.3) is 0 Å². The first-order chi connectivity index (χ1) is 14.4. The summed E-state index contributed by atoms with van der Waals surface area (Å²) in [7, 11) is 0. The molecule has 0 saturated carbocycles. The summed E-state index contributed by atoms with van der Waals surface area (Å²) in [6.45, 7) is 8.45. The second kappa shape index (κ2) is 10.4. The number of nitrogens with zero attached hydrogens (tertiary/aromatic N) is 1. The molecule has 0 spiro atoms. The Hall–Kier alpha value is -2.67. The minimum atomic E-state index is -0.361. The van der Waals surface area contributed by atoms with Gasteiger partial charge < -0.3 is 20.9 Å². The van der Waals surface area contributed by atoms with Crippen molar-refractivity contribution in [1.82, 2.24) is 10.6 Å². The molecule has 0 atom stereocenters. The average Bonchev–Trinajstić information content (AvgIpc) is 2.74. The zero-order chi connectivity index (χ0) is 21.5. The van der Waals surface area contributed by atoms with E-state index in [1.54, 1.807) is 0 Å². The van der Waals surface area contributed by atoms with Gasteiger partial charge in [-0.3, -0.25) is 4.79 Å². The SMILES string of the molecule is Cc1cc(C)c(NC(=O)CNC(=O)NCc2ccc(N3CCSCC3)cc2)c(C)c1. The number of thioether (sulfide) groups is 1. The van der Waals surface area contributed by atoms with Crippen molar-refractivity contribution in [3.63, 3.8) is 0 Å². The number of rotatable bonds is 6. The zero-order valence-corrected chi connectivity index (χ0v) is 18.7. The van der Waals surface area contributed by atoms with Crippen LogP contribution in [-0.2, 0) is 11.3 Å². The fraction of sp³-hybridized carbons (Fsp3) is 0.391. The smallest absolute Gasteiger partial charge is 0.315 e. The molecule has 0 aromatic heterocycles. The van der Waals surface area contributed by atoms with Crippen LogP contribution in [0.15, 0.2) is 36.4 Å². The van der Waals surface area contributed by atoms with Crippen LogP contribution in [-0.4, -0.2) is 43.1 Å². The monoisotopic (exact) mass is 426 g/mol. The van der Waals surface area contributed by atoms with Crippen LogP contribution in [0.2, 0.25) is 0 Å². The minimum Gasteiger partial charge on any atom is -0.370 e. The van der Waals surface area contributed by atoms with Gasteiger partial charge in [-0.1, -0.05) is 29.8 Å². The summed E-state index contributed by atoms with van der Waals surface area (Å²) in [4.78, 5) is 26.6. The van der Waals surface area contributed by atoms with E-state index >= 15 is 0 Å². The topological polar surface area (TPSA) is 73.5 Å². The molecule has 1 fully saturated rings. The Bertz CT molecular complexity index is 870. The summed E-state index contributed by atoms with van der Waals surface area (Å²) < 4.78 is 0. The van der Waals surface area contributed by atoms with Crippen LogP contribution in [0.3, 0.4) is 0 Å². The third-order valence-electron chi connectivity index (χ3n) is 5.12. The van der Waals surface area contributed by atoms with Crippen molar-refractivity contribution in [1.29, 1.82) is 0 Å². The standard InChI is InChI=1S/C23H30N4O2S/c1-16-12-17(2)22(18(3)13-16)26-21(28)15-25-23(29)24-14-19-4-6-20(7-5-19)27-8-10-30-11-9-27/h4-7,12-13H,8-11,14-15H2,1-3H3,(H,26,28)(H2,24,25,29). The van der Waals surface area contributed by atoms with Crippen molar-refractivity contribution in [3.05, 3.63) is 58.7 Å². The molecule has 2 aromatic rings. The van der Waals surface area contributed by atoms with Crippen molar-refractivity contribution >= 4 is 35.1 Å². The first kappa shape index (κ1) is 22.0. The second-order valence-corrected chi connectivity index (χ2v) is 8.85. The van der Waals surface area contributed by atoms with Gasteiger partial charge in [-0.2, -0.15) is 11.8 Å². The Morgan fingerprint density at radius 1 is 0.967 bits per heavy atom. The Morgan fingerprint density at radius 3 is 2.23 bits per heavy atom. The molecule has 3 N–H and O–H groups in total. The molecule has 0 bridgehead atoms. The number of hydrogen-bond donors (Lipinski definition) is 3. The van der Waals surface area contributed by atoms with Gasteiger partial charge in [0.05, 0.1) is 6.54 Å². The predicted octanol–water partition coefficient (Wildman–Crippen LogP) is 3.60. The Labute approximate surface area is 182 Å². The number of nitrogens with one attached hydrogen (secondary N) is 3. The average molecular weight is 427 g/mol. The van der Waals surface area contributed by atoms with E-state index in [9.17, 15) is 9.59 Å². The minimum absolute atomic E-state index is 0.0789. The first-order valence-corrected chi connectivity index (χ1v) is 11.4. The number of benzene rings is 2. The molecule has 7 heteroatoms. The van der Waals surface area contributed by atoms with Crippen LogP contribution in [0, 0.1) is 20.8 Å². The number of amides is 3. The van der Waals surface area contributed by atoms with E-state index in [0.29, 0.717) is 6.54 Å². The fourth-order valence-electron chi connectivity index (χ4n) is 3.61. The largest absolute Gasteiger partial charge is 0.370 e. The van der Waals surface area contributed by atoms with E-state index in [2.05, 4.69) is 33.0 Å². The van der Waals surface area contributed by atoms with E-state index in [1.807, 2.05) is 56.8 Å². The van der Waals surface area contributed by atoms with Crippen molar-refractivity contribution in [3.8, 4) is 0 Å². The van der Waals surface area contributed by atoms with E-state index in [0.717, 1.165) is 41.0 Å². The molecule has 160 valence electrons. The Morgan fingerprint density at radius 2 is 1.60 bits per heavy atom. The van der Waals surface area contributed by atoms with Gasteiger partial charge in [-0.05, 0) is 49.6 Å². The maximum Gasteiger partial charge on any atom is 0.315 e. The summed E-state index contributed by atoms with van der Waals surface area (Å²) in [6.07, 6.45) is 0. The maximum absolute atomic E-state index is 12.2. The zero-order valence-electron chi connectivity index (χ0n) is 17.9. The van der Waals surface area contributed by atoms with Gasteiger partial charge in [-0.15, -0.1) is 0 Å². The molecule has 30 heavy (non-hydrogen) atoms. The lowest BCUT2D eigenvalue weighted by molar-refractivity contribution is -0.115. The number of carbonyl (C=O) groups is 2. The van der Waals surface area contributed by atoms with Gasteiger partial charge in [0, 0.05) is 42.5 Å². The predicted molar refractivity (Wildman–Crippen MR) is 126 cm³/mol. The van der Waals surface area contributed by atoms with Gasteiger partial charge in [0.15, 0.2) is 0 Å². The van der Waals surface area contributed by atoms with Crippen molar-refractivity contribution in [2.75, 3.05) is 41.4 Å². The van der Waals surface area contributed by atoms with Gasteiger partial charge in [0.2, 0.25) is 5.91 Å². The van der Waals surface area contributed by atoms with E-state index in [4.69, 9.17) is 0 Å². The number of carbonyl (C=O) groups excluding carboxylic acids is 2. The van der Waals surface area contributed by atoms with Crippen LogP contribution < -0.4 is 20.9 Å². The van der Waals surface area contributed by atoms with Crippen LogP contribution >= 0.6 is 11.8 Å². The molecule has 0 unspecified atom stereocenters. The molecule has 3 rings (SSSR count). The highest BCUT2D eigenvalue weighted by Crippen LogP contribution is 2.22. The maximum atomic E-state index is 12.2. The molecule has 3 amide bonds. The van der Waals surface area contributed by atoms with Crippen LogP contribution in [0.5, 0.6) is 0 Å². The number of hydrogen-bond acceptors (Lipinski definition) is 4. The number of urea groups is 1. The summed E-state index contributed by atoms with van der Waals surface area (Å²) in [5.74, 6) is 2.09. The lowest BCUT2D eigenvalue weighted by Gasteiger charge is -2.28. The highest BCUT2D eigenvalue weighted by atomic mass is 32.2. The molecule has 1 aliphatic heterocycles. The Kier molecular flexibility index (Phi) is 7.63. The first-order valence-electron chi connectivity index (χ1n) is 10.2. The molecule has 6 nitrogen and oxygen atoms in total. The van der Waals surface area contributed by atoms with Gasteiger partial charge >= 0.3 is 6.03 Å². The van der Waals surface area contributed by atoms with E-state index < -0.39 is 0 Å². The molecule has 0 aliphatic carbocycles. The Balaban J connectivity index is 1.42. The molecule has 0 radical (unpaired) electrons. The molecule has 1 aliphatic rings. The summed E-state index contributed by atoms with van der Waals surface area (Å²) >= 11 is 1.99. The van der Waals surface area contributed by atoms with Gasteiger partial charge in [-0.25, -0.2) is 4.79 Å². The fourth-order valence-corrected chi connectivity index (χ4v) is 4.52. The highest BCUT2D eigenvalue weighted by Gasteiger charge is 2.12. The lowest BCUT2D eigenvalue weighted by Crippen LogP contribution is -2.39. The van der Waals surface area contributed by atoms with Crippen molar-refractivity contribution < 1.29 is 9.59 Å². The summed E-state index contributed by atoms with van der Waals surface area (Å²) in [5.41, 5.74) is 6.23. The lowest BCUT2D eigenvalue weighted by atomic mass is 10.1. The molecule has 1 heterocycles. The molecule has 2 aromatic carbocycles. The van der Waals surface area contributed by atoms with E-state index in [-0.39, 0.29) is 18.5 Å². The van der Waals surface area contributed by atoms with Gasteiger partial charge in [0.1, 0.15) is 0 Å². The van der Waals surface area contributed by atoms with Crippen LogP contribution in [0.4, 0.5) is 16.2 Å². The second-order valence-electron chi connectivity index (χ2n) is 7.62. The quantitative estimate of drug-likeness (QED) is 0.660. The van der Waals surface area contributed by atoms with Crippen molar-refractivity contribution in [2.45, 2.75) is 27.3 Å². The van der Waals surface area contributed by atoms with Crippen LogP contribution in [0.1, 0.15) is 22.3 Å². The molecule has 1 saturated heterocycles. The summed E-state index contributed by atoms with van der Waals surface area (Å²) in [5, 5.41) is 8.30. The third kappa shape index (κ3) is 6.16. The summed E-state index contributed by atoms with van der Waals surface area (Å²) in [6, 6.07) is 12.0. The third-order valence-corrected chi connectivity index (χ3v) is 6.06. The molecular weight excluding hydrogens is 396 g/mol. The normalized spacial score (nSPS) is 13.6. The number of aryl methyl sites for hydroxylation is 3. The van der Waals surface area contributed by atoms with Crippen molar-refractivity contribution in [2.24, 2.45) is 0 Å². The highest BCUT2D eigenvalue weighted by molar-refractivity contribution is 7.99. The number of anilines is 2. The van der Waals surface area contributed by atoms with E-state index in [1.165, 1.54) is 17.2 Å². The van der Waals surface area contributed by atoms with Gasteiger partial charge in [0.25, 0.3) is 0 Å². The molecular formula is C23H30N4O2S.